The normalized spacial score (nSPS) is 20.7. The van der Waals surface area contributed by atoms with Gasteiger partial charge in [-0.05, 0) is 83.8 Å². The molecule has 0 spiro atoms. The molecule has 1 N–H and O–H groups in total. The monoisotopic (exact) mass is 463 g/mol. The molecule has 0 bridgehead atoms. The molecule has 3 heterocycles. The number of likely N-dealkylation sites (tertiary alicyclic amines) is 2. The van der Waals surface area contributed by atoms with Crippen LogP contribution < -0.4 is 5.32 Å². The minimum absolute atomic E-state index is 0.0117. The van der Waals surface area contributed by atoms with Crippen LogP contribution in [0.3, 0.4) is 0 Å². The summed E-state index contributed by atoms with van der Waals surface area (Å²) in [4.78, 5) is 39.9. The van der Waals surface area contributed by atoms with E-state index < -0.39 is 0 Å². The largest absolute Gasteiger partial charge is 0.352 e. The molecule has 34 heavy (non-hydrogen) atoms. The fourth-order valence-corrected chi connectivity index (χ4v) is 5.04. The second kappa shape index (κ2) is 10.6. The summed E-state index contributed by atoms with van der Waals surface area (Å²) in [6.07, 6.45) is 5.78. The van der Waals surface area contributed by atoms with Gasteiger partial charge in [-0.15, -0.1) is 0 Å². The van der Waals surface area contributed by atoms with E-state index in [9.17, 15) is 9.59 Å². The van der Waals surface area contributed by atoms with E-state index in [1.165, 1.54) is 0 Å². The Bertz CT molecular complexity index is 1000. The van der Waals surface area contributed by atoms with Gasteiger partial charge in [-0.1, -0.05) is 25.1 Å². The molecule has 0 radical (unpaired) electrons. The first kappa shape index (κ1) is 24.3. The molecule has 1 aromatic heterocycles. The summed E-state index contributed by atoms with van der Waals surface area (Å²) in [5, 5.41) is 3.01. The zero-order valence-corrected chi connectivity index (χ0v) is 20.7. The van der Waals surface area contributed by atoms with Gasteiger partial charge in [0, 0.05) is 35.8 Å². The Morgan fingerprint density at radius 2 is 1.82 bits per heavy atom. The van der Waals surface area contributed by atoms with Crippen molar-refractivity contribution in [2.75, 3.05) is 33.2 Å². The Kier molecular flexibility index (Phi) is 7.61. The van der Waals surface area contributed by atoms with Crippen molar-refractivity contribution in [3.8, 4) is 0 Å². The van der Waals surface area contributed by atoms with Crippen LogP contribution >= 0.6 is 0 Å². The molecule has 7 nitrogen and oxygen atoms in total. The summed E-state index contributed by atoms with van der Waals surface area (Å²) in [7, 11) is 2.14. The summed E-state index contributed by atoms with van der Waals surface area (Å²) >= 11 is 0. The average molecular weight is 464 g/mol. The number of piperidine rings is 2. The summed E-state index contributed by atoms with van der Waals surface area (Å²) in [6.45, 7) is 7.48. The Morgan fingerprint density at radius 1 is 1.09 bits per heavy atom. The van der Waals surface area contributed by atoms with Crippen LogP contribution in [0.2, 0.25) is 0 Å². The van der Waals surface area contributed by atoms with Crippen LogP contribution in [0.15, 0.2) is 36.4 Å². The van der Waals surface area contributed by atoms with Crippen molar-refractivity contribution in [3.05, 3.63) is 59.2 Å². The molecule has 1 atom stereocenters. The van der Waals surface area contributed by atoms with Crippen molar-refractivity contribution in [3.63, 3.8) is 0 Å². The van der Waals surface area contributed by atoms with Crippen LogP contribution in [0.5, 0.6) is 0 Å². The Morgan fingerprint density at radius 3 is 2.56 bits per heavy atom. The summed E-state index contributed by atoms with van der Waals surface area (Å²) < 4.78 is 0. The van der Waals surface area contributed by atoms with Crippen molar-refractivity contribution >= 4 is 11.8 Å². The van der Waals surface area contributed by atoms with Crippen molar-refractivity contribution in [2.45, 2.75) is 63.8 Å². The van der Waals surface area contributed by atoms with Gasteiger partial charge in [-0.3, -0.25) is 9.59 Å². The van der Waals surface area contributed by atoms with Gasteiger partial charge >= 0.3 is 0 Å². The zero-order valence-electron chi connectivity index (χ0n) is 20.7. The number of carbonyl (C=O) groups is 2. The maximum absolute atomic E-state index is 13.6. The third-order valence-electron chi connectivity index (χ3n) is 7.39. The minimum atomic E-state index is -0.101. The summed E-state index contributed by atoms with van der Waals surface area (Å²) in [6, 6.07) is 11.2. The molecule has 1 aromatic carbocycles. The average Bonchev–Trinajstić information content (AvgIpc) is 2.86. The zero-order chi connectivity index (χ0) is 24.1. The predicted molar refractivity (Wildman–Crippen MR) is 133 cm³/mol. The lowest BCUT2D eigenvalue weighted by molar-refractivity contribution is 0.0594. The second-order valence-electron chi connectivity index (χ2n) is 10.1. The molecule has 2 saturated heterocycles. The van der Waals surface area contributed by atoms with Gasteiger partial charge in [-0.2, -0.15) is 0 Å². The van der Waals surface area contributed by atoms with E-state index in [4.69, 9.17) is 9.97 Å². The van der Waals surface area contributed by atoms with E-state index in [1.54, 1.807) is 0 Å². The number of hydrogen-bond donors (Lipinski definition) is 1. The predicted octanol–water partition coefficient (Wildman–Crippen LogP) is 3.58. The molecule has 2 aliphatic rings. The minimum Gasteiger partial charge on any atom is -0.352 e. The van der Waals surface area contributed by atoms with E-state index >= 15 is 0 Å². The van der Waals surface area contributed by atoms with E-state index in [1.807, 2.05) is 48.2 Å². The summed E-state index contributed by atoms with van der Waals surface area (Å²) in [5.74, 6) is 0.715. The third-order valence-corrected chi connectivity index (χ3v) is 7.39. The number of carbonyl (C=O) groups excluding carboxylic acids is 2. The molecular weight excluding hydrogens is 426 g/mol. The second-order valence-corrected chi connectivity index (χ2v) is 10.1. The van der Waals surface area contributed by atoms with Crippen molar-refractivity contribution < 1.29 is 9.59 Å². The Hall–Kier alpha value is -2.80. The van der Waals surface area contributed by atoms with Crippen LogP contribution in [-0.2, 0) is 5.41 Å². The van der Waals surface area contributed by atoms with Crippen LogP contribution in [-0.4, -0.2) is 70.9 Å². The van der Waals surface area contributed by atoms with Gasteiger partial charge in [0.05, 0.1) is 0 Å². The molecular formula is C27H37N5O2. The molecule has 0 aliphatic carbocycles. The number of benzene rings is 1. The van der Waals surface area contributed by atoms with Crippen LogP contribution in [0.25, 0.3) is 0 Å². The standard InChI is InChI=1S/C27H37N5O2/c1-20-19-23(30-26(29-20)27(2)13-17-31(3)18-14-27)25(34)32-16-8-7-11-22(32)12-15-28-24(33)21-9-5-4-6-10-21/h4-6,9-10,19,22H,7-8,11-18H2,1-3H3,(H,28,33). The van der Waals surface area contributed by atoms with E-state index in [-0.39, 0.29) is 23.3 Å². The number of aromatic nitrogens is 2. The maximum atomic E-state index is 13.6. The van der Waals surface area contributed by atoms with Gasteiger partial charge in [-0.25, -0.2) is 9.97 Å². The lowest BCUT2D eigenvalue weighted by Gasteiger charge is -2.37. The third kappa shape index (κ3) is 5.63. The van der Waals surface area contributed by atoms with Crippen LogP contribution in [0.1, 0.15) is 77.8 Å². The molecule has 7 heteroatoms. The first-order valence-corrected chi connectivity index (χ1v) is 12.5. The summed E-state index contributed by atoms with van der Waals surface area (Å²) in [5.41, 5.74) is 1.90. The maximum Gasteiger partial charge on any atom is 0.272 e. The van der Waals surface area contributed by atoms with Gasteiger partial charge in [0.1, 0.15) is 11.5 Å². The Balaban J connectivity index is 1.44. The quantitative estimate of drug-likeness (QED) is 0.708. The SMILES string of the molecule is Cc1cc(C(=O)N2CCCCC2CCNC(=O)c2ccccc2)nc(C2(C)CCN(C)CC2)n1. The fraction of sp³-hybridized carbons (Fsp3) is 0.556. The van der Waals surface area contributed by atoms with Crippen molar-refractivity contribution in [1.29, 1.82) is 0 Å². The molecule has 4 rings (SSSR count). The molecule has 182 valence electrons. The number of hydrogen-bond acceptors (Lipinski definition) is 5. The number of nitrogens with one attached hydrogen (secondary N) is 1. The number of amides is 2. The number of aryl methyl sites for hydroxylation is 1. The fourth-order valence-electron chi connectivity index (χ4n) is 5.04. The van der Waals surface area contributed by atoms with E-state index in [0.717, 1.165) is 69.7 Å². The van der Waals surface area contributed by atoms with Crippen molar-refractivity contribution in [1.82, 2.24) is 25.1 Å². The van der Waals surface area contributed by atoms with E-state index in [2.05, 4.69) is 24.2 Å². The highest BCUT2D eigenvalue weighted by Crippen LogP contribution is 2.33. The molecule has 2 aliphatic heterocycles. The molecule has 2 aromatic rings. The van der Waals surface area contributed by atoms with Gasteiger partial charge in [0.25, 0.3) is 11.8 Å². The lowest BCUT2D eigenvalue weighted by Crippen LogP contribution is -2.46. The van der Waals surface area contributed by atoms with Gasteiger partial charge in [0.2, 0.25) is 0 Å². The smallest absolute Gasteiger partial charge is 0.272 e. The highest BCUT2D eigenvalue weighted by molar-refractivity contribution is 5.94. The Labute approximate surface area is 203 Å². The molecule has 1 unspecified atom stereocenters. The topological polar surface area (TPSA) is 78.4 Å². The highest BCUT2D eigenvalue weighted by atomic mass is 16.2. The van der Waals surface area contributed by atoms with E-state index in [0.29, 0.717) is 17.8 Å². The molecule has 2 fully saturated rings. The van der Waals surface area contributed by atoms with Crippen molar-refractivity contribution in [2.24, 2.45) is 0 Å². The molecule has 2 amide bonds. The number of rotatable bonds is 6. The van der Waals surface area contributed by atoms with Crippen LogP contribution in [0, 0.1) is 6.92 Å². The lowest BCUT2D eigenvalue weighted by atomic mass is 9.79. The van der Waals surface area contributed by atoms with Gasteiger partial charge < -0.3 is 15.1 Å². The molecule has 0 saturated carbocycles. The first-order valence-electron chi connectivity index (χ1n) is 12.5. The highest BCUT2D eigenvalue weighted by Gasteiger charge is 2.35. The van der Waals surface area contributed by atoms with Crippen LogP contribution in [0.4, 0.5) is 0 Å². The van der Waals surface area contributed by atoms with Gasteiger partial charge in [0.15, 0.2) is 0 Å². The number of nitrogens with zero attached hydrogens (tertiary/aromatic N) is 4. The first-order chi connectivity index (χ1) is 16.4.